The lowest BCUT2D eigenvalue weighted by atomic mass is 9.77. The summed E-state index contributed by atoms with van der Waals surface area (Å²) in [5, 5.41) is 18.0. The van der Waals surface area contributed by atoms with E-state index in [4.69, 9.17) is 4.74 Å². The molecule has 116 valence electrons. The second kappa shape index (κ2) is 6.30. The van der Waals surface area contributed by atoms with E-state index in [9.17, 15) is 10.1 Å². The Morgan fingerprint density at radius 3 is 2.90 bits per heavy atom. The molecule has 0 spiro atoms. The van der Waals surface area contributed by atoms with E-state index in [0.29, 0.717) is 12.2 Å². The number of benzene rings is 1. The molecule has 0 bridgehead atoms. The zero-order chi connectivity index (χ0) is 15.5. The first kappa shape index (κ1) is 15.6. The lowest BCUT2D eigenvalue weighted by Gasteiger charge is -2.39. The van der Waals surface area contributed by atoms with Crippen molar-refractivity contribution in [2.24, 2.45) is 5.41 Å². The van der Waals surface area contributed by atoms with Gasteiger partial charge in [-0.25, -0.2) is 0 Å². The number of rotatable bonds is 5. The molecule has 0 aliphatic carbocycles. The number of methoxy groups -OCH3 is 1. The Labute approximate surface area is 125 Å². The summed E-state index contributed by atoms with van der Waals surface area (Å²) in [5.41, 5.74) is 0.676. The van der Waals surface area contributed by atoms with Crippen LogP contribution in [0.4, 0.5) is 11.4 Å². The molecule has 6 heteroatoms. The highest BCUT2D eigenvalue weighted by Gasteiger charge is 2.32. The fourth-order valence-corrected chi connectivity index (χ4v) is 2.85. The van der Waals surface area contributed by atoms with Crippen molar-refractivity contribution in [3.8, 4) is 5.75 Å². The molecule has 2 N–H and O–H groups in total. The summed E-state index contributed by atoms with van der Waals surface area (Å²) in [6, 6.07) is 5.37. The van der Waals surface area contributed by atoms with E-state index in [1.807, 2.05) is 0 Å². The lowest BCUT2D eigenvalue weighted by molar-refractivity contribution is -0.384. The number of nitro groups is 1. The molecule has 1 heterocycles. The van der Waals surface area contributed by atoms with Crippen LogP contribution in [0.25, 0.3) is 0 Å². The number of nitro benzene ring substituents is 1. The second-order valence-corrected chi connectivity index (χ2v) is 6.09. The first-order valence-electron chi connectivity index (χ1n) is 7.24. The largest absolute Gasteiger partial charge is 0.490 e. The Morgan fingerprint density at radius 2 is 2.29 bits per heavy atom. The molecule has 0 aromatic heterocycles. The molecular weight excluding hydrogens is 270 g/mol. The minimum atomic E-state index is -0.402. The predicted molar refractivity (Wildman–Crippen MR) is 82.9 cm³/mol. The number of anilines is 1. The summed E-state index contributed by atoms with van der Waals surface area (Å²) in [4.78, 5) is 10.8. The highest BCUT2D eigenvalue weighted by molar-refractivity contribution is 5.68. The molecule has 1 saturated heterocycles. The Balaban J connectivity index is 2.14. The maximum atomic E-state index is 11.2. The maximum absolute atomic E-state index is 11.2. The average molecular weight is 293 g/mol. The molecule has 1 fully saturated rings. The summed E-state index contributed by atoms with van der Waals surface area (Å²) >= 11 is 0. The molecule has 1 atom stereocenters. The summed E-state index contributed by atoms with van der Waals surface area (Å²) in [5.74, 6) is 0.279. The van der Waals surface area contributed by atoms with Crippen LogP contribution in [0.1, 0.15) is 26.7 Å². The van der Waals surface area contributed by atoms with Gasteiger partial charge in [-0.15, -0.1) is 0 Å². The van der Waals surface area contributed by atoms with Gasteiger partial charge in [0.25, 0.3) is 0 Å². The maximum Gasteiger partial charge on any atom is 0.333 e. The number of para-hydroxylation sites is 1. The van der Waals surface area contributed by atoms with E-state index in [0.717, 1.165) is 13.0 Å². The third-order valence-corrected chi connectivity index (χ3v) is 4.23. The van der Waals surface area contributed by atoms with Gasteiger partial charge in [-0.3, -0.25) is 10.1 Å². The molecule has 0 radical (unpaired) electrons. The van der Waals surface area contributed by atoms with Crippen LogP contribution in [-0.2, 0) is 0 Å². The van der Waals surface area contributed by atoms with Gasteiger partial charge in [-0.1, -0.05) is 19.9 Å². The number of nitrogens with one attached hydrogen (secondary N) is 2. The second-order valence-electron chi connectivity index (χ2n) is 6.09. The summed E-state index contributed by atoms with van der Waals surface area (Å²) in [6.45, 7) is 6.11. The van der Waals surface area contributed by atoms with Gasteiger partial charge in [-0.05, 0) is 36.9 Å². The van der Waals surface area contributed by atoms with Crippen molar-refractivity contribution in [1.29, 1.82) is 0 Å². The zero-order valence-electron chi connectivity index (χ0n) is 12.8. The Hall–Kier alpha value is -1.82. The molecule has 1 aromatic carbocycles. The summed E-state index contributed by atoms with van der Waals surface area (Å²) in [7, 11) is 1.44. The SMILES string of the molecule is COc1cccc(NCC2NCCCC2(C)C)c1[N+](=O)[O-]. The van der Waals surface area contributed by atoms with Crippen LogP contribution in [0.2, 0.25) is 0 Å². The van der Waals surface area contributed by atoms with Crippen molar-refractivity contribution in [3.05, 3.63) is 28.3 Å². The predicted octanol–water partition coefficient (Wildman–Crippen LogP) is 2.79. The molecule has 1 aromatic rings. The van der Waals surface area contributed by atoms with Gasteiger partial charge in [-0.2, -0.15) is 0 Å². The van der Waals surface area contributed by atoms with Crippen molar-refractivity contribution in [3.63, 3.8) is 0 Å². The number of piperidine rings is 1. The number of hydrogen-bond acceptors (Lipinski definition) is 5. The van der Waals surface area contributed by atoms with Gasteiger partial charge < -0.3 is 15.4 Å². The van der Waals surface area contributed by atoms with Gasteiger partial charge in [0.05, 0.1) is 12.0 Å². The minimum Gasteiger partial charge on any atom is -0.490 e. The van der Waals surface area contributed by atoms with E-state index < -0.39 is 4.92 Å². The normalized spacial score (nSPS) is 20.8. The summed E-state index contributed by atoms with van der Waals surface area (Å²) in [6.07, 6.45) is 2.33. The Morgan fingerprint density at radius 1 is 1.52 bits per heavy atom. The van der Waals surface area contributed by atoms with E-state index in [1.165, 1.54) is 13.5 Å². The molecular formula is C15H23N3O3. The molecule has 1 unspecified atom stereocenters. The highest BCUT2D eigenvalue weighted by Crippen LogP contribution is 2.35. The molecule has 1 aliphatic heterocycles. The smallest absolute Gasteiger partial charge is 0.333 e. The zero-order valence-corrected chi connectivity index (χ0v) is 12.8. The van der Waals surface area contributed by atoms with Crippen LogP contribution < -0.4 is 15.4 Å². The molecule has 0 amide bonds. The van der Waals surface area contributed by atoms with Crippen LogP contribution in [0.5, 0.6) is 5.75 Å². The van der Waals surface area contributed by atoms with Gasteiger partial charge in [0.2, 0.25) is 0 Å². The molecule has 2 rings (SSSR count). The van der Waals surface area contributed by atoms with Crippen LogP contribution in [-0.4, -0.2) is 31.2 Å². The van der Waals surface area contributed by atoms with E-state index >= 15 is 0 Å². The Kier molecular flexibility index (Phi) is 4.67. The standard InChI is InChI=1S/C15H23N3O3/c1-15(2)8-5-9-16-13(15)10-17-11-6-4-7-12(21-3)14(11)18(19)20/h4,6-7,13,16-17H,5,8-10H2,1-3H3. The van der Waals surface area contributed by atoms with E-state index in [-0.39, 0.29) is 22.9 Å². The minimum absolute atomic E-state index is 0.00591. The quantitative estimate of drug-likeness (QED) is 0.645. The fourth-order valence-electron chi connectivity index (χ4n) is 2.85. The van der Waals surface area contributed by atoms with Crippen molar-refractivity contribution in [1.82, 2.24) is 5.32 Å². The fraction of sp³-hybridized carbons (Fsp3) is 0.600. The average Bonchev–Trinajstić information content (AvgIpc) is 2.45. The van der Waals surface area contributed by atoms with Crippen LogP contribution in [0, 0.1) is 15.5 Å². The third kappa shape index (κ3) is 3.44. The highest BCUT2D eigenvalue weighted by atomic mass is 16.6. The van der Waals surface area contributed by atoms with Crippen molar-refractivity contribution < 1.29 is 9.66 Å². The van der Waals surface area contributed by atoms with Crippen molar-refractivity contribution in [2.45, 2.75) is 32.7 Å². The van der Waals surface area contributed by atoms with Crippen LogP contribution in [0.3, 0.4) is 0 Å². The van der Waals surface area contributed by atoms with Crippen molar-refractivity contribution >= 4 is 11.4 Å². The van der Waals surface area contributed by atoms with Gasteiger partial charge >= 0.3 is 5.69 Å². The van der Waals surface area contributed by atoms with E-state index in [2.05, 4.69) is 24.5 Å². The number of hydrogen-bond donors (Lipinski definition) is 2. The number of nitrogens with zero attached hydrogens (tertiary/aromatic N) is 1. The van der Waals surface area contributed by atoms with Gasteiger partial charge in [0, 0.05) is 12.6 Å². The first-order valence-corrected chi connectivity index (χ1v) is 7.24. The van der Waals surface area contributed by atoms with Gasteiger partial charge in [0.15, 0.2) is 5.75 Å². The van der Waals surface area contributed by atoms with E-state index in [1.54, 1.807) is 18.2 Å². The third-order valence-electron chi connectivity index (χ3n) is 4.23. The first-order chi connectivity index (χ1) is 9.95. The molecule has 1 aliphatic rings. The summed E-state index contributed by atoms with van der Waals surface area (Å²) < 4.78 is 5.08. The Bertz CT molecular complexity index is 517. The van der Waals surface area contributed by atoms with Crippen LogP contribution in [0.15, 0.2) is 18.2 Å². The molecule has 0 saturated carbocycles. The van der Waals surface area contributed by atoms with Crippen molar-refractivity contribution in [2.75, 3.05) is 25.5 Å². The monoisotopic (exact) mass is 293 g/mol. The van der Waals surface area contributed by atoms with Crippen LogP contribution >= 0.6 is 0 Å². The molecule has 21 heavy (non-hydrogen) atoms. The molecule has 6 nitrogen and oxygen atoms in total. The topological polar surface area (TPSA) is 76.4 Å². The lowest BCUT2D eigenvalue weighted by Crippen LogP contribution is -2.50. The van der Waals surface area contributed by atoms with Gasteiger partial charge in [0.1, 0.15) is 5.69 Å². The number of ether oxygens (including phenoxy) is 1.